The first-order chi connectivity index (χ1) is 13.6. The number of hydrogen-bond donors (Lipinski definition) is 1. The van der Waals surface area contributed by atoms with E-state index in [0.717, 1.165) is 21.0 Å². The molecule has 2 aromatic carbocycles. The van der Waals surface area contributed by atoms with Gasteiger partial charge in [0.05, 0.1) is 37.8 Å². The molecule has 2 rings (SSSR count). The largest absolute Gasteiger partial charge is 0.493 e. The van der Waals surface area contributed by atoms with Gasteiger partial charge in [-0.05, 0) is 36.9 Å². The zero-order valence-corrected chi connectivity index (χ0v) is 19.0. The van der Waals surface area contributed by atoms with Crippen molar-refractivity contribution in [2.24, 2.45) is 0 Å². The molecule has 0 spiro atoms. The molecule has 9 heteroatoms. The number of ether oxygens (including phenoxy) is 2. The standard InChI is InChI=1S/C20H26N2O5S2/c1-13(14-7-9-15(28-5)10-8-14)21-20(23)16-11-18(26-3)19(27-4)12-17(16)22(2)29(6,24)25/h7-13H,1-6H3,(H,21,23). The smallest absolute Gasteiger partial charge is 0.254 e. The van der Waals surface area contributed by atoms with Gasteiger partial charge in [0.1, 0.15) is 0 Å². The summed E-state index contributed by atoms with van der Waals surface area (Å²) in [6, 6.07) is 10.6. The Morgan fingerprint density at radius 2 is 1.66 bits per heavy atom. The quantitative estimate of drug-likeness (QED) is 0.637. The number of carbonyl (C=O) groups excluding carboxylic acids is 1. The molecule has 0 aliphatic heterocycles. The second-order valence-corrected chi connectivity index (χ2v) is 9.32. The number of nitrogens with one attached hydrogen (secondary N) is 1. The summed E-state index contributed by atoms with van der Waals surface area (Å²) in [5, 5.41) is 2.92. The Hall–Kier alpha value is -2.39. The summed E-state index contributed by atoms with van der Waals surface area (Å²) in [4.78, 5) is 14.2. The number of benzene rings is 2. The van der Waals surface area contributed by atoms with Crippen molar-refractivity contribution in [3.05, 3.63) is 47.5 Å². The summed E-state index contributed by atoms with van der Waals surface area (Å²) in [6.45, 7) is 1.87. The van der Waals surface area contributed by atoms with Crippen LogP contribution in [0.5, 0.6) is 11.5 Å². The molecule has 0 aromatic heterocycles. The van der Waals surface area contributed by atoms with Crippen molar-refractivity contribution in [1.29, 1.82) is 0 Å². The predicted molar refractivity (Wildman–Crippen MR) is 117 cm³/mol. The van der Waals surface area contributed by atoms with Crippen molar-refractivity contribution in [2.45, 2.75) is 17.9 Å². The van der Waals surface area contributed by atoms with Gasteiger partial charge in [-0.25, -0.2) is 8.42 Å². The second kappa shape index (κ2) is 9.41. The Bertz CT molecular complexity index is 975. The lowest BCUT2D eigenvalue weighted by Gasteiger charge is -2.23. The molecule has 1 N–H and O–H groups in total. The average Bonchev–Trinajstić information content (AvgIpc) is 2.71. The first-order valence-corrected chi connectivity index (χ1v) is 11.8. The van der Waals surface area contributed by atoms with Gasteiger partial charge in [0.2, 0.25) is 10.0 Å². The molecule has 0 fully saturated rings. The Morgan fingerprint density at radius 3 is 2.14 bits per heavy atom. The van der Waals surface area contributed by atoms with E-state index in [1.54, 1.807) is 11.8 Å². The van der Waals surface area contributed by atoms with Crippen LogP contribution in [0.4, 0.5) is 5.69 Å². The monoisotopic (exact) mass is 438 g/mol. The van der Waals surface area contributed by atoms with E-state index in [2.05, 4.69) is 5.32 Å². The molecule has 2 aromatic rings. The summed E-state index contributed by atoms with van der Waals surface area (Å²) in [7, 11) is 0.697. The molecular weight excluding hydrogens is 412 g/mol. The van der Waals surface area contributed by atoms with Gasteiger partial charge in [0.25, 0.3) is 5.91 Å². The van der Waals surface area contributed by atoms with Crippen LogP contribution in [0.2, 0.25) is 0 Å². The molecular formula is C20H26N2O5S2. The molecule has 7 nitrogen and oxygen atoms in total. The lowest BCUT2D eigenvalue weighted by molar-refractivity contribution is 0.0940. The van der Waals surface area contributed by atoms with Gasteiger partial charge in [-0.1, -0.05) is 12.1 Å². The number of carbonyl (C=O) groups is 1. The number of sulfonamides is 1. The molecule has 0 radical (unpaired) electrons. The third kappa shape index (κ3) is 5.36. The number of anilines is 1. The zero-order valence-electron chi connectivity index (χ0n) is 17.3. The highest BCUT2D eigenvalue weighted by atomic mass is 32.2. The van der Waals surface area contributed by atoms with Crippen LogP contribution >= 0.6 is 11.8 Å². The maximum Gasteiger partial charge on any atom is 0.254 e. The fourth-order valence-corrected chi connectivity index (χ4v) is 3.66. The summed E-state index contributed by atoms with van der Waals surface area (Å²) >= 11 is 1.64. The lowest BCUT2D eigenvalue weighted by atomic mass is 10.1. The van der Waals surface area contributed by atoms with Crippen molar-refractivity contribution in [3.63, 3.8) is 0 Å². The number of thioether (sulfide) groups is 1. The molecule has 0 saturated heterocycles. The van der Waals surface area contributed by atoms with Crippen molar-refractivity contribution in [2.75, 3.05) is 38.1 Å². The van der Waals surface area contributed by atoms with Gasteiger partial charge < -0.3 is 14.8 Å². The lowest BCUT2D eigenvalue weighted by Crippen LogP contribution is -2.31. The molecule has 0 saturated carbocycles. The van der Waals surface area contributed by atoms with Crippen LogP contribution in [0.15, 0.2) is 41.3 Å². The number of methoxy groups -OCH3 is 2. The molecule has 1 atom stereocenters. The molecule has 0 heterocycles. The van der Waals surface area contributed by atoms with E-state index >= 15 is 0 Å². The van der Waals surface area contributed by atoms with Crippen LogP contribution in [0, 0.1) is 0 Å². The first-order valence-electron chi connectivity index (χ1n) is 8.77. The van der Waals surface area contributed by atoms with Gasteiger partial charge in [-0.3, -0.25) is 9.10 Å². The topological polar surface area (TPSA) is 84.9 Å². The Morgan fingerprint density at radius 1 is 1.10 bits per heavy atom. The molecule has 1 amide bonds. The summed E-state index contributed by atoms with van der Waals surface area (Å²) in [5.74, 6) is 0.244. The normalized spacial score (nSPS) is 12.2. The number of nitrogens with zero attached hydrogens (tertiary/aromatic N) is 1. The Labute approximate surface area is 176 Å². The average molecular weight is 439 g/mol. The SMILES string of the molecule is COc1cc(C(=O)NC(C)c2ccc(SC)cc2)c(N(C)S(C)(=O)=O)cc1OC. The zero-order chi connectivity index (χ0) is 21.8. The minimum atomic E-state index is -3.59. The van der Waals surface area contributed by atoms with E-state index in [1.807, 2.05) is 37.4 Å². The Kier molecular flexibility index (Phi) is 7.43. The van der Waals surface area contributed by atoms with Crippen LogP contribution in [0.25, 0.3) is 0 Å². The fourth-order valence-electron chi connectivity index (χ4n) is 2.74. The van der Waals surface area contributed by atoms with E-state index in [9.17, 15) is 13.2 Å². The molecule has 158 valence electrons. The van der Waals surface area contributed by atoms with E-state index in [1.165, 1.54) is 33.4 Å². The molecule has 0 aliphatic carbocycles. The number of rotatable bonds is 8. The van der Waals surface area contributed by atoms with Gasteiger partial charge in [-0.2, -0.15) is 0 Å². The molecule has 0 aliphatic rings. The molecule has 1 unspecified atom stereocenters. The van der Waals surface area contributed by atoms with Crippen LogP contribution in [0.3, 0.4) is 0 Å². The van der Waals surface area contributed by atoms with E-state index in [0.29, 0.717) is 11.5 Å². The molecule has 0 bridgehead atoms. The highest BCUT2D eigenvalue weighted by Gasteiger charge is 2.24. The fraction of sp³-hybridized carbons (Fsp3) is 0.350. The first kappa shape index (κ1) is 22.9. The predicted octanol–water partition coefficient (Wildman–Crippen LogP) is 3.31. The summed E-state index contributed by atoms with van der Waals surface area (Å²) in [6.07, 6.45) is 3.07. The third-order valence-electron chi connectivity index (χ3n) is 4.55. The van der Waals surface area contributed by atoms with Gasteiger partial charge in [0, 0.05) is 18.0 Å². The van der Waals surface area contributed by atoms with Gasteiger partial charge >= 0.3 is 0 Å². The van der Waals surface area contributed by atoms with Crippen LogP contribution < -0.4 is 19.1 Å². The van der Waals surface area contributed by atoms with Crippen molar-refractivity contribution >= 4 is 33.4 Å². The van der Waals surface area contributed by atoms with Gasteiger partial charge in [-0.15, -0.1) is 11.8 Å². The van der Waals surface area contributed by atoms with Crippen LogP contribution in [-0.2, 0) is 10.0 Å². The third-order valence-corrected chi connectivity index (χ3v) is 6.48. The van der Waals surface area contributed by atoms with Crippen LogP contribution in [0.1, 0.15) is 28.9 Å². The maximum absolute atomic E-state index is 13.0. The highest BCUT2D eigenvalue weighted by Crippen LogP contribution is 2.36. The second-order valence-electron chi connectivity index (χ2n) is 6.42. The van der Waals surface area contributed by atoms with E-state index in [-0.39, 0.29) is 17.3 Å². The summed E-state index contributed by atoms with van der Waals surface area (Å²) in [5.41, 5.74) is 1.31. The minimum absolute atomic E-state index is 0.170. The molecule has 29 heavy (non-hydrogen) atoms. The van der Waals surface area contributed by atoms with Gasteiger partial charge in [0.15, 0.2) is 11.5 Å². The van der Waals surface area contributed by atoms with E-state index in [4.69, 9.17) is 9.47 Å². The number of hydrogen-bond acceptors (Lipinski definition) is 6. The highest BCUT2D eigenvalue weighted by molar-refractivity contribution is 7.98. The van der Waals surface area contributed by atoms with Crippen molar-refractivity contribution in [1.82, 2.24) is 5.32 Å². The summed E-state index contributed by atoms with van der Waals surface area (Å²) < 4.78 is 35.8. The van der Waals surface area contributed by atoms with Crippen LogP contribution in [-0.4, -0.2) is 48.1 Å². The maximum atomic E-state index is 13.0. The minimum Gasteiger partial charge on any atom is -0.493 e. The Balaban J connectivity index is 2.43. The van der Waals surface area contributed by atoms with Crippen molar-refractivity contribution < 1.29 is 22.7 Å². The number of amides is 1. The van der Waals surface area contributed by atoms with Crippen molar-refractivity contribution in [3.8, 4) is 11.5 Å². The van der Waals surface area contributed by atoms with E-state index < -0.39 is 15.9 Å².